The number of rotatable bonds is 4. The van der Waals surface area contributed by atoms with Gasteiger partial charge in [-0.1, -0.05) is 60.7 Å². The van der Waals surface area contributed by atoms with Gasteiger partial charge < -0.3 is 10.1 Å². The Balaban J connectivity index is 1.96. The zero-order valence-electron chi connectivity index (χ0n) is 12.4. The van der Waals surface area contributed by atoms with E-state index in [1.54, 1.807) is 0 Å². The molecule has 1 fully saturated rings. The second-order valence-electron chi connectivity index (χ2n) is 5.26. The van der Waals surface area contributed by atoms with Gasteiger partial charge in [0, 0.05) is 18.7 Å². The SMILES string of the molecule is O=C(C(=Cc1ccccc1)c1ccccc1)C1CNCCO1. The van der Waals surface area contributed by atoms with Crippen LogP contribution >= 0.6 is 0 Å². The molecule has 1 aliphatic heterocycles. The number of hydrogen-bond donors (Lipinski definition) is 1. The van der Waals surface area contributed by atoms with E-state index in [2.05, 4.69) is 5.32 Å². The number of Topliss-reactive ketones (excluding diaryl/α,β-unsaturated/α-hetero) is 1. The maximum Gasteiger partial charge on any atom is 0.193 e. The van der Waals surface area contributed by atoms with Gasteiger partial charge in [-0.15, -0.1) is 0 Å². The molecule has 0 saturated carbocycles. The topological polar surface area (TPSA) is 38.3 Å². The van der Waals surface area contributed by atoms with Crippen molar-refractivity contribution in [3.05, 3.63) is 71.8 Å². The molecule has 1 unspecified atom stereocenters. The molecule has 112 valence electrons. The molecule has 0 radical (unpaired) electrons. The number of nitrogens with one attached hydrogen (secondary N) is 1. The van der Waals surface area contributed by atoms with Crippen molar-refractivity contribution >= 4 is 17.4 Å². The molecule has 1 N–H and O–H groups in total. The molecule has 3 heteroatoms. The fourth-order valence-electron chi connectivity index (χ4n) is 2.54. The second-order valence-corrected chi connectivity index (χ2v) is 5.26. The van der Waals surface area contributed by atoms with Crippen LogP contribution in [0.1, 0.15) is 11.1 Å². The molecule has 1 aliphatic rings. The number of carbonyl (C=O) groups excluding carboxylic acids is 1. The number of ether oxygens (including phenoxy) is 1. The fraction of sp³-hybridized carbons (Fsp3) is 0.211. The standard InChI is InChI=1S/C19H19NO2/c21-19(18-14-20-11-12-22-18)17(16-9-5-2-6-10-16)13-15-7-3-1-4-8-15/h1-10,13,18,20H,11-12,14H2. The first kappa shape index (κ1) is 14.7. The molecule has 1 atom stereocenters. The molecule has 0 aliphatic carbocycles. The largest absolute Gasteiger partial charge is 0.367 e. The second kappa shape index (κ2) is 7.16. The summed E-state index contributed by atoms with van der Waals surface area (Å²) in [6, 6.07) is 19.7. The molecule has 1 heterocycles. The Morgan fingerprint density at radius 2 is 1.73 bits per heavy atom. The lowest BCUT2D eigenvalue weighted by atomic mass is 9.95. The van der Waals surface area contributed by atoms with Gasteiger partial charge in [0.05, 0.1) is 6.61 Å². The molecule has 0 aromatic heterocycles. The maximum atomic E-state index is 12.9. The van der Waals surface area contributed by atoms with Crippen LogP contribution in [0.2, 0.25) is 0 Å². The summed E-state index contributed by atoms with van der Waals surface area (Å²) >= 11 is 0. The molecule has 3 rings (SSSR count). The van der Waals surface area contributed by atoms with Crippen LogP contribution in [0.5, 0.6) is 0 Å². The third kappa shape index (κ3) is 3.50. The van der Waals surface area contributed by atoms with Gasteiger partial charge in [0.15, 0.2) is 5.78 Å². The summed E-state index contributed by atoms with van der Waals surface area (Å²) in [5.41, 5.74) is 2.63. The van der Waals surface area contributed by atoms with Crippen LogP contribution in [0.25, 0.3) is 11.6 Å². The van der Waals surface area contributed by atoms with Gasteiger partial charge in [0.1, 0.15) is 6.10 Å². The average Bonchev–Trinajstić information content (AvgIpc) is 2.61. The lowest BCUT2D eigenvalue weighted by Crippen LogP contribution is -2.43. The van der Waals surface area contributed by atoms with Crippen LogP contribution in [0, 0.1) is 0 Å². The van der Waals surface area contributed by atoms with Crippen molar-refractivity contribution in [1.29, 1.82) is 0 Å². The third-order valence-electron chi connectivity index (χ3n) is 3.68. The van der Waals surface area contributed by atoms with Crippen LogP contribution in [0.15, 0.2) is 60.7 Å². The zero-order valence-corrected chi connectivity index (χ0v) is 12.4. The predicted octanol–water partition coefficient (Wildman–Crippen LogP) is 2.78. The van der Waals surface area contributed by atoms with E-state index >= 15 is 0 Å². The highest BCUT2D eigenvalue weighted by atomic mass is 16.5. The number of benzene rings is 2. The van der Waals surface area contributed by atoms with Crippen LogP contribution in [0.3, 0.4) is 0 Å². The van der Waals surface area contributed by atoms with Crippen LogP contribution < -0.4 is 5.32 Å². The van der Waals surface area contributed by atoms with Crippen molar-refractivity contribution in [3.8, 4) is 0 Å². The van der Waals surface area contributed by atoms with Gasteiger partial charge in [0.2, 0.25) is 0 Å². The minimum absolute atomic E-state index is 0.0299. The van der Waals surface area contributed by atoms with E-state index in [-0.39, 0.29) is 5.78 Å². The molecule has 2 aromatic rings. The summed E-state index contributed by atoms with van der Waals surface area (Å²) in [5.74, 6) is 0.0299. The Kier molecular flexibility index (Phi) is 4.78. The van der Waals surface area contributed by atoms with Crippen molar-refractivity contribution in [2.75, 3.05) is 19.7 Å². The quantitative estimate of drug-likeness (QED) is 0.696. The van der Waals surface area contributed by atoms with E-state index in [4.69, 9.17) is 4.74 Å². The fourth-order valence-corrected chi connectivity index (χ4v) is 2.54. The first-order valence-corrected chi connectivity index (χ1v) is 7.53. The smallest absolute Gasteiger partial charge is 0.193 e. The predicted molar refractivity (Wildman–Crippen MR) is 88.4 cm³/mol. The molecule has 0 bridgehead atoms. The van der Waals surface area contributed by atoms with Crippen LogP contribution in [-0.4, -0.2) is 31.6 Å². The van der Waals surface area contributed by atoms with E-state index in [9.17, 15) is 4.79 Å². The van der Waals surface area contributed by atoms with E-state index in [0.717, 1.165) is 17.7 Å². The Bertz CT molecular complexity index is 644. The average molecular weight is 293 g/mol. The van der Waals surface area contributed by atoms with Crippen molar-refractivity contribution < 1.29 is 9.53 Å². The highest BCUT2D eigenvalue weighted by Gasteiger charge is 2.25. The summed E-state index contributed by atoms with van der Waals surface area (Å²) in [5, 5.41) is 3.21. The third-order valence-corrected chi connectivity index (χ3v) is 3.68. The van der Waals surface area contributed by atoms with Crippen molar-refractivity contribution in [2.45, 2.75) is 6.10 Å². The molecule has 22 heavy (non-hydrogen) atoms. The van der Waals surface area contributed by atoms with Gasteiger partial charge in [-0.05, 0) is 17.2 Å². The van der Waals surface area contributed by atoms with Gasteiger partial charge in [-0.25, -0.2) is 0 Å². The number of morpholine rings is 1. The zero-order chi connectivity index (χ0) is 15.2. The Hall–Kier alpha value is -2.23. The number of ketones is 1. The first-order valence-electron chi connectivity index (χ1n) is 7.53. The summed E-state index contributed by atoms with van der Waals surface area (Å²) in [6.45, 7) is 1.94. The Morgan fingerprint density at radius 1 is 1.05 bits per heavy atom. The van der Waals surface area contributed by atoms with Crippen molar-refractivity contribution in [1.82, 2.24) is 5.32 Å². The van der Waals surface area contributed by atoms with Crippen LogP contribution in [-0.2, 0) is 9.53 Å². The minimum Gasteiger partial charge on any atom is -0.367 e. The van der Waals surface area contributed by atoms with E-state index in [0.29, 0.717) is 18.7 Å². The van der Waals surface area contributed by atoms with Gasteiger partial charge in [-0.2, -0.15) is 0 Å². The summed E-state index contributed by atoms with van der Waals surface area (Å²) in [6.07, 6.45) is 1.53. The number of carbonyl (C=O) groups is 1. The van der Waals surface area contributed by atoms with E-state index < -0.39 is 6.10 Å². The highest BCUT2D eigenvalue weighted by Crippen LogP contribution is 2.22. The maximum absolute atomic E-state index is 12.9. The summed E-state index contributed by atoms with van der Waals surface area (Å²) in [4.78, 5) is 12.9. The Morgan fingerprint density at radius 3 is 2.36 bits per heavy atom. The molecular weight excluding hydrogens is 274 g/mol. The Labute approximate surface area is 130 Å². The van der Waals surface area contributed by atoms with Gasteiger partial charge in [-0.3, -0.25) is 4.79 Å². The lowest BCUT2D eigenvalue weighted by Gasteiger charge is -2.23. The number of hydrogen-bond acceptors (Lipinski definition) is 3. The van der Waals surface area contributed by atoms with Gasteiger partial charge >= 0.3 is 0 Å². The summed E-state index contributed by atoms with van der Waals surface area (Å²) in [7, 11) is 0. The van der Waals surface area contributed by atoms with Crippen molar-refractivity contribution in [3.63, 3.8) is 0 Å². The monoisotopic (exact) mass is 293 g/mol. The first-order chi connectivity index (χ1) is 10.8. The lowest BCUT2D eigenvalue weighted by molar-refractivity contribution is -0.125. The van der Waals surface area contributed by atoms with Crippen molar-refractivity contribution in [2.24, 2.45) is 0 Å². The molecule has 1 saturated heterocycles. The minimum atomic E-state index is -0.413. The van der Waals surface area contributed by atoms with Crippen LogP contribution in [0.4, 0.5) is 0 Å². The molecule has 3 nitrogen and oxygen atoms in total. The molecule has 0 spiro atoms. The normalized spacial score (nSPS) is 18.9. The molecule has 0 amide bonds. The highest BCUT2D eigenvalue weighted by molar-refractivity contribution is 6.27. The van der Waals surface area contributed by atoms with E-state index in [1.165, 1.54) is 0 Å². The van der Waals surface area contributed by atoms with E-state index in [1.807, 2.05) is 66.7 Å². The summed E-state index contributed by atoms with van der Waals surface area (Å²) < 4.78 is 5.63. The van der Waals surface area contributed by atoms with Gasteiger partial charge in [0.25, 0.3) is 0 Å². The molecular formula is C19H19NO2. The molecule has 2 aromatic carbocycles.